The van der Waals surface area contributed by atoms with Crippen molar-refractivity contribution in [1.82, 2.24) is 14.8 Å². The summed E-state index contributed by atoms with van der Waals surface area (Å²) in [6.07, 6.45) is 1.84. The second-order valence-electron chi connectivity index (χ2n) is 8.29. The molecule has 8 heteroatoms. The van der Waals surface area contributed by atoms with Crippen molar-refractivity contribution in [2.24, 2.45) is 0 Å². The normalized spacial score (nSPS) is 16.6. The molecule has 2 aliphatic rings. The average molecular weight is 449 g/mol. The molecule has 0 unspecified atom stereocenters. The van der Waals surface area contributed by atoms with E-state index in [1.807, 2.05) is 24.4 Å². The number of carbonyl (C=O) groups is 1. The topological polar surface area (TPSA) is 71.3 Å². The molecular formula is C25H28N4O4. The maximum absolute atomic E-state index is 12.9. The minimum Gasteiger partial charge on any atom is -0.491 e. The van der Waals surface area contributed by atoms with Crippen LogP contribution in [0.2, 0.25) is 0 Å². The number of rotatable bonds is 5. The minimum absolute atomic E-state index is 0.161. The number of anilines is 1. The van der Waals surface area contributed by atoms with Crippen LogP contribution >= 0.6 is 0 Å². The summed E-state index contributed by atoms with van der Waals surface area (Å²) in [6.45, 7) is 6.18. The minimum atomic E-state index is -0.161. The van der Waals surface area contributed by atoms with Gasteiger partial charge in [0.05, 0.1) is 13.7 Å². The fourth-order valence-electron chi connectivity index (χ4n) is 4.35. The molecule has 0 spiro atoms. The molecule has 1 aromatic carbocycles. The van der Waals surface area contributed by atoms with Gasteiger partial charge in [0, 0.05) is 57.1 Å². The zero-order chi connectivity index (χ0) is 22.6. The predicted octanol–water partition coefficient (Wildman–Crippen LogP) is 3.04. The summed E-state index contributed by atoms with van der Waals surface area (Å²) in [5.41, 5.74) is 2.24. The highest BCUT2D eigenvalue weighted by atomic mass is 16.6. The van der Waals surface area contributed by atoms with Crippen LogP contribution in [0.5, 0.6) is 11.7 Å². The van der Waals surface area contributed by atoms with Crippen LogP contribution in [0.15, 0.2) is 59.1 Å². The van der Waals surface area contributed by atoms with Gasteiger partial charge < -0.3 is 23.7 Å². The molecule has 8 nitrogen and oxygen atoms in total. The molecule has 2 aromatic heterocycles. The van der Waals surface area contributed by atoms with Crippen LogP contribution in [-0.2, 0) is 13.1 Å². The number of pyridine rings is 1. The van der Waals surface area contributed by atoms with Crippen LogP contribution in [0.25, 0.3) is 0 Å². The van der Waals surface area contributed by atoms with Crippen molar-refractivity contribution >= 4 is 11.7 Å². The number of methoxy groups -OCH3 is 1. The molecule has 3 aromatic rings. The summed E-state index contributed by atoms with van der Waals surface area (Å²) in [7, 11) is 1.52. The van der Waals surface area contributed by atoms with Gasteiger partial charge in [-0.15, -0.1) is 0 Å². The van der Waals surface area contributed by atoms with Crippen LogP contribution in [-0.4, -0.2) is 67.1 Å². The quantitative estimate of drug-likeness (QED) is 0.594. The molecule has 1 amide bonds. The summed E-state index contributed by atoms with van der Waals surface area (Å²) in [6, 6.07) is 15.7. The van der Waals surface area contributed by atoms with Gasteiger partial charge in [0.25, 0.3) is 11.9 Å². The predicted molar refractivity (Wildman–Crippen MR) is 124 cm³/mol. The third-order valence-electron chi connectivity index (χ3n) is 6.14. The molecule has 2 aliphatic heterocycles. The Morgan fingerprint density at radius 1 is 1.06 bits per heavy atom. The van der Waals surface area contributed by atoms with Crippen LogP contribution in [0, 0.1) is 0 Å². The maximum Gasteiger partial charge on any atom is 0.290 e. The molecule has 172 valence electrons. The van der Waals surface area contributed by atoms with E-state index in [4.69, 9.17) is 13.9 Å². The Hall–Kier alpha value is -3.52. The van der Waals surface area contributed by atoms with Crippen LogP contribution in [0.4, 0.5) is 5.82 Å². The van der Waals surface area contributed by atoms with Gasteiger partial charge in [-0.1, -0.05) is 12.1 Å². The number of furan rings is 1. The van der Waals surface area contributed by atoms with Crippen molar-refractivity contribution in [2.75, 3.05) is 51.3 Å². The summed E-state index contributed by atoms with van der Waals surface area (Å²) in [5, 5.41) is 0. The second kappa shape index (κ2) is 9.54. The summed E-state index contributed by atoms with van der Waals surface area (Å²) in [4.78, 5) is 24.0. The smallest absolute Gasteiger partial charge is 0.290 e. The van der Waals surface area contributed by atoms with Gasteiger partial charge in [-0.25, -0.2) is 4.98 Å². The number of hydrogen-bond donors (Lipinski definition) is 0. The largest absolute Gasteiger partial charge is 0.491 e. The molecule has 33 heavy (non-hydrogen) atoms. The van der Waals surface area contributed by atoms with Gasteiger partial charge >= 0.3 is 0 Å². The summed E-state index contributed by atoms with van der Waals surface area (Å²) >= 11 is 0. The van der Waals surface area contributed by atoms with E-state index >= 15 is 0 Å². The monoisotopic (exact) mass is 448 g/mol. The third kappa shape index (κ3) is 4.80. The Labute approximate surface area is 193 Å². The van der Waals surface area contributed by atoms with Gasteiger partial charge in [0.15, 0.2) is 5.76 Å². The average Bonchev–Trinajstić information content (AvgIpc) is 3.25. The van der Waals surface area contributed by atoms with Crippen molar-refractivity contribution in [3.63, 3.8) is 0 Å². The first kappa shape index (κ1) is 21.3. The molecule has 0 bridgehead atoms. The Morgan fingerprint density at radius 2 is 1.94 bits per heavy atom. The molecule has 0 atom stereocenters. The molecular weight excluding hydrogens is 420 g/mol. The highest BCUT2D eigenvalue weighted by Gasteiger charge is 2.24. The van der Waals surface area contributed by atoms with E-state index in [1.165, 1.54) is 12.7 Å². The summed E-state index contributed by atoms with van der Waals surface area (Å²) < 4.78 is 16.5. The van der Waals surface area contributed by atoms with Crippen molar-refractivity contribution in [3.05, 3.63) is 71.6 Å². The number of hydrogen-bond acceptors (Lipinski definition) is 7. The van der Waals surface area contributed by atoms with Crippen molar-refractivity contribution in [2.45, 2.75) is 13.1 Å². The molecule has 4 heterocycles. The Balaban J connectivity index is 1.23. The van der Waals surface area contributed by atoms with Gasteiger partial charge in [0.2, 0.25) is 0 Å². The van der Waals surface area contributed by atoms with Crippen LogP contribution < -0.4 is 14.4 Å². The molecule has 0 N–H and O–H groups in total. The lowest BCUT2D eigenvalue weighted by Gasteiger charge is -2.35. The first-order valence-electron chi connectivity index (χ1n) is 11.3. The molecule has 0 saturated carbocycles. The van der Waals surface area contributed by atoms with Crippen molar-refractivity contribution < 1.29 is 18.7 Å². The van der Waals surface area contributed by atoms with E-state index < -0.39 is 0 Å². The number of nitrogens with zero attached hydrogens (tertiary/aromatic N) is 4. The highest BCUT2D eigenvalue weighted by Crippen LogP contribution is 2.27. The number of fused-ring (bicyclic) bond motifs is 1. The number of aromatic nitrogens is 1. The molecule has 1 saturated heterocycles. The van der Waals surface area contributed by atoms with E-state index in [0.717, 1.165) is 49.9 Å². The highest BCUT2D eigenvalue weighted by molar-refractivity contribution is 5.91. The second-order valence-corrected chi connectivity index (χ2v) is 8.29. The standard InChI is InChI=1S/C25H28N4O4/c1-31-24-8-7-22(33-24)25(30)29-14-15-32-21-6-5-19(16-20(21)18-29)17-27-10-12-28(13-11-27)23-4-2-3-9-26-23/h2-9,16H,10-15,17-18H2,1H3. The fourth-order valence-corrected chi connectivity index (χ4v) is 4.35. The zero-order valence-electron chi connectivity index (χ0n) is 18.8. The van der Waals surface area contributed by atoms with Crippen LogP contribution in [0.3, 0.4) is 0 Å². The first-order chi connectivity index (χ1) is 16.2. The number of ether oxygens (including phenoxy) is 2. The van der Waals surface area contributed by atoms with Gasteiger partial charge in [0.1, 0.15) is 18.2 Å². The zero-order valence-corrected chi connectivity index (χ0v) is 18.8. The summed E-state index contributed by atoms with van der Waals surface area (Å²) in [5.74, 6) is 2.32. The van der Waals surface area contributed by atoms with E-state index in [0.29, 0.717) is 25.6 Å². The maximum atomic E-state index is 12.9. The fraction of sp³-hybridized carbons (Fsp3) is 0.360. The van der Waals surface area contributed by atoms with Gasteiger partial charge in [-0.05, 0) is 35.9 Å². The molecule has 0 radical (unpaired) electrons. The molecule has 0 aliphatic carbocycles. The van der Waals surface area contributed by atoms with E-state index in [2.05, 4.69) is 33.0 Å². The lowest BCUT2D eigenvalue weighted by atomic mass is 10.1. The lowest BCUT2D eigenvalue weighted by Crippen LogP contribution is -2.46. The third-order valence-corrected chi connectivity index (χ3v) is 6.14. The van der Waals surface area contributed by atoms with Crippen LogP contribution in [0.1, 0.15) is 21.7 Å². The van der Waals surface area contributed by atoms with E-state index in [1.54, 1.807) is 17.0 Å². The van der Waals surface area contributed by atoms with Crippen molar-refractivity contribution in [1.29, 1.82) is 0 Å². The number of carbonyl (C=O) groups excluding carboxylic acids is 1. The number of piperazine rings is 1. The first-order valence-corrected chi connectivity index (χ1v) is 11.3. The van der Waals surface area contributed by atoms with Crippen molar-refractivity contribution in [3.8, 4) is 11.7 Å². The van der Waals surface area contributed by atoms with Gasteiger partial charge in [-0.2, -0.15) is 0 Å². The Kier molecular flexibility index (Phi) is 6.17. The molecule has 5 rings (SSSR count). The van der Waals surface area contributed by atoms with E-state index in [9.17, 15) is 4.79 Å². The molecule has 1 fully saturated rings. The SMILES string of the molecule is COc1ccc(C(=O)N2CCOc3ccc(CN4CCN(c5ccccn5)CC4)cc3C2)o1. The van der Waals surface area contributed by atoms with E-state index in [-0.39, 0.29) is 11.7 Å². The number of benzene rings is 1. The number of amides is 1. The lowest BCUT2D eigenvalue weighted by molar-refractivity contribution is 0.0695. The Bertz CT molecular complexity index is 1090. The Morgan fingerprint density at radius 3 is 2.70 bits per heavy atom. The van der Waals surface area contributed by atoms with Gasteiger partial charge in [-0.3, -0.25) is 9.69 Å².